The largest absolute Gasteiger partial charge is 0.748 e. The minimum absolute atomic E-state index is 0.0644. The number of benzene rings is 1. The number of carboxylic acid groups (broad SMARTS) is 3. The van der Waals surface area contributed by atoms with Crippen molar-refractivity contribution < 1.29 is 66.4 Å². The van der Waals surface area contributed by atoms with Gasteiger partial charge in [0, 0.05) is 24.8 Å². The SMILES string of the molecule is COc1cc2c(cc1OC)N(CCS(=O)(=O)[O-])C(=CC=c1s/c(=c3/s/c(=C4/OC(=S)N(CC(=O)O)C4=O)n(CC(=O)O)c3=O)n(CC(=O)O)c1=O)O2. The van der Waals surface area contributed by atoms with E-state index >= 15 is 0 Å². The van der Waals surface area contributed by atoms with Gasteiger partial charge in [0.15, 0.2) is 17.2 Å². The molecule has 2 aliphatic heterocycles. The van der Waals surface area contributed by atoms with Crippen LogP contribution in [0.1, 0.15) is 0 Å². The zero-order chi connectivity index (χ0) is 38.2. The van der Waals surface area contributed by atoms with E-state index in [2.05, 4.69) is 0 Å². The number of nitrogens with zero attached hydrogens (tertiary/aromatic N) is 4. The molecule has 0 saturated carbocycles. The lowest BCUT2D eigenvalue weighted by Crippen LogP contribution is -2.35. The Morgan fingerprint density at radius 3 is 2.04 bits per heavy atom. The lowest BCUT2D eigenvalue weighted by molar-refractivity contribution is -0.140. The van der Waals surface area contributed by atoms with Crippen LogP contribution in [0.15, 0.2) is 33.7 Å². The van der Waals surface area contributed by atoms with Gasteiger partial charge in [0.05, 0.1) is 40.3 Å². The first kappa shape index (κ1) is 37.7. The molecule has 0 aliphatic carbocycles. The first-order valence-electron chi connectivity index (χ1n) is 14.2. The van der Waals surface area contributed by atoms with Gasteiger partial charge in [-0.25, -0.2) is 8.42 Å². The molecule has 5 rings (SSSR count). The van der Waals surface area contributed by atoms with E-state index in [1.807, 2.05) is 0 Å². The van der Waals surface area contributed by atoms with Crippen molar-refractivity contribution >= 4 is 91.5 Å². The number of carboxylic acids is 3. The van der Waals surface area contributed by atoms with Crippen molar-refractivity contribution in [2.45, 2.75) is 13.1 Å². The van der Waals surface area contributed by atoms with Crippen molar-refractivity contribution in [1.29, 1.82) is 0 Å². The van der Waals surface area contributed by atoms with Crippen molar-refractivity contribution in [2.75, 3.05) is 38.0 Å². The third-order valence-electron chi connectivity index (χ3n) is 7.09. The molecule has 0 bridgehead atoms. The van der Waals surface area contributed by atoms with Crippen LogP contribution >= 0.6 is 34.9 Å². The number of allylic oxidation sites excluding steroid dienone is 1. The molecule has 2 aliphatic rings. The van der Waals surface area contributed by atoms with Gasteiger partial charge >= 0.3 is 23.8 Å². The Hall–Kier alpha value is -5.56. The molecule has 1 fully saturated rings. The van der Waals surface area contributed by atoms with Gasteiger partial charge < -0.3 is 43.7 Å². The van der Waals surface area contributed by atoms with Crippen LogP contribution in [0.3, 0.4) is 0 Å². The summed E-state index contributed by atoms with van der Waals surface area (Å²) in [5.74, 6) is -6.45. The Balaban J connectivity index is 1.76. The zero-order valence-electron chi connectivity index (χ0n) is 26.4. The van der Waals surface area contributed by atoms with E-state index in [4.69, 9.17) is 36.3 Å². The van der Waals surface area contributed by atoms with E-state index in [1.54, 1.807) is 0 Å². The smallest absolute Gasteiger partial charge is 0.323 e. The number of amides is 1. The molecule has 52 heavy (non-hydrogen) atoms. The van der Waals surface area contributed by atoms with E-state index in [9.17, 15) is 52.0 Å². The lowest BCUT2D eigenvalue weighted by atomic mass is 10.2. The number of carbonyl (C=O) groups excluding carboxylic acids is 1. The summed E-state index contributed by atoms with van der Waals surface area (Å²) in [6, 6.07) is 2.91. The molecule has 3 N–H and O–H groups in total. The van der Waals surface area contributed by atoms with Crippen LogP contribution in [0.25, 0.3) is 11.8 Å². The van der Waals surface area contributed by atoms with Crippen LogP contribution < -0.4 is 39.4 Å². The molecule has 0 spiro atoms. The second kappa shape index (κ2) is 14.6. The van der Waals surface area contributed by atoms with Gasteiger partial charge in [-0.15, -0.1) is 22.7 Å². The number of methoxy groups -OCH3 is 2. The summed E-state index contributed by atoms with van der Waals surface area (Å²) in [4.78, 5) is 77.0. The second-order valence-electron chi connectivity index (χ2n) is 10.4. The molecule has 4 heterocycles. The Morgan fingerprint density at radius 2 is 1.46 bits per heavy atom. The molecule has 1 amide bonds. The van der Waals surface area contributed by atoms with E-state index in [-0.39, 0.29) is 49.1 Å². The van der Waals surface area contributed by atoms with E-state index in [0.29, 0.717) is 32.1 Å². The molecule has 0 unspecified atom stereocenters. The quantitative estimate of drug-likeness (QED) is 0.132. The molecule has 1 aromatic carbocycles. The number of ether oxygens (including phenoxy) is 4. The van der Waals surface area contributed by atoms with E-state index in [1.165, 1.54) is 43.4 Å². The summed E-state index contributed by atoms with van der Waals surface area (Å²) in [5.41, 5.74) is -1.69. The summed E-state index contributed by atoms with van der Waals surface area (Å²) in [6.45, 7) is -3.27. The number of hydrogen-bond acceptors (Lipinski definition) is 17. The molecule has 20 nitrogen and oxygen atoms in total. The molecule has 1 saturated heterocycles. The highest BCUT2D eigenvalue weighted by molar-refractivity contribution is 7.85. The van der Waals surface area contributed by atoms with Gasteiger partial charge in [0.1, 0.15) is 33.5 Å². The van der Waals surface area contributed by atoms with Gasteiger partial charge in [-0.2, -0.15) is 0 Å². The molecular weight excluding hydrogens is 777 g/mol. The summed E-state index contributed by atoms with van der Waals surface area (Å²) in [7, 11) is -1.97. The predicted molar refractivity (Wildman–Crippen MR) is 180 cm³/mol. The number of thiazole rings is 2. The molecule has 3 aromatic rings. The zero-order valence-corrected chi connectivity index (χ0v) is 29.7. The number of anilines is 1. The van der Waals surface area contributed by atoms with Crippen molar-refractivity contribution in [3.05, 3.63) is 63.2 Å². The van der Waals surface area contributed by atoms with Crippen molar-refractivity contribution in [1.82, 2.24) is 14.0 Å². The standard InChI is InChI=1S/C28H24N4O16S4/c1-45-14-7-12-13(8-15(14)46-2)47-17(29(12)5-6-52(42,43)44)4-3-16-23(39)30(9-18(33)34)27(50-16)22-25(41)31(10-19(35)36)26(51-22)21-24(40)32(11-20(37)38)28(49)48-21/h3-4,7-8H,5-6,9-11H2,1-2H3,(H,33,34)(H,35,36)(H,37,38)(H,42,43,44)/p-1/b16-3?,17-4?,26-21+,27-22+. The van der Waals surface area contributed by atoms with Gasteiger partial charge in [0.2, 0.25) is 11.6 Å². The van der Waals surface area contributed by atoms with Crippen LogP contribution in [0.5, 0.6) is 17.2 Å². The summed E-state index contributed by atoms with van der Waals surface area (Å²) in [5, 5.41) is 27.7. The number of rotatable bonds is 12. The fourth-order valence-corrected chi connectivity index (χ4v) is 7.84. The minimum atomic E-state index is -4.70. The Labute approximate surface area is 302 Å². The molecule has 276 valence electrons. The van der Waals surface area contributed by atoms with Gasteiger partial charge in [0.25, 0.3) is 16.3 Å². The van der Waals surface area contributed by atoms with E-state index in [0.717, 1.165) is 4.57 Å². The molecule has 24 heteroatoms. The Morgan fingerprint density at radius 1 is 0.865 bits per heavy atom. The molecular formula is C28H23N4O16S4-. The average Bonchev–Trinajstić information content (AvgIpc) is 3.75. The third-order valence-corrected chi connectivity index (χ3v) is 10.5. The fraction of sp³-hybridized carbons (Fsp3) is 0.250. The highest BCUT2D eigenvalue weighted by Crippen LogP contribution is 2.45. The van der Waals surface area contributed by atoms with Gasteiger partial charge in [-0.3, -0.25) is 42.8 Å². The minimum Gasteiger partial charge on any atom is -0.748 e. The number of aliphatic carboxylic acids is 3. The predicted octanol–water partition coefficient (Wildman–Crippen LogP) is -1.99. The lowest BCUT2D eigenvalue weighted by Gasteiger charge is -2.19. The average molecular weight is 800 g/mol. The number of hydrogen-bond donors (Lipinski definition) is 3. The number of carbonyl (C=O) groups is 4. The maximum Gasteiger partial charge on any atom is 0.323 e. The van der Waals surface area contributed by atoms with Crippen LogP contribution in [0.4, 0.5) is 5.69 Å². The maximum absolute atomic E-state index is 13.7. The fourth-order valence-electron chi connectivity index (χ4n) is 4.91. The van der Waals surface area contributed by atoms with Gasteiger partial charge in [-0.1, -0.05) is 0 Å². The van der Waals surface area contributed by atoms with Crippen molar-refractivity contribution in [3.63, 3.8) is 0 Å². The molecule has 0 radical (unpaired) electrons. The summed E-state index contributed by atoms with van der Waals surface area (Å²) < 4.78 is 56.4. The Kier molecular flexibility index (Phi) is 10.6. The molecule has 2 aromatic heterocycles. The van der Waals surface area contributed by atoms with Crippen molar-refractivity contribution in [2.24, 2.45) is 0 Å². The number of thiocarbonyl (C=S) groups is 1. The topological polar surface area (TPSA) is 274 Å². The van der Waals surface area contributed by atoms with Gasteiger partial charge in [-0.05, 0) is 18.3 Å². The highest BCUT2D eigenvalue weighted by atomic mass is 32.2. The van der Waals surface area contributed by atoms with Crippen molar-refractivity contribution in [3.8, 4) is 17.2 Å². The van der Waals surface area contributed by atoms with E-state index < -0.39 is 86.0 Å². The summed E-state index contributed by atoms with van der Waals surface area (Å²) >= 11 is 6.03. The molecule has 0 atom stereocenters. The van der Waals surface area contributed by atoms with Crippen LogP contribution in [-0.2, 0) is 47.1 Å². The number of fused-ring (bicyclic) bond motifs is 1. The Bertz CT molecular complexity index is 2550. The van der Waals surface area contributed by atoms with Crippen LogP contribution in [0, 0.1) is 9.20 Å². The normalized spacial score (nSPS) is 17.0. The van der Waals surface area contributed by atoms with Crippen LogP contribution in [-0.4, -0.2) is 104 Å². The highest BCUT2D eigenvalue weighted by Gasteiger charge is 2.37. The number of aromatic nitrogens is 2. The second-order valence-corrected chi connectivity index (χ2v) is 14.3. The third kappa shape index (κ3) is 7.54. The first-order chi connectivity index (χ1) is 24.4. The first-order valence-corrected chi connectivity index (χ1v) is 17.8. The summed E-state index contributed by atoms with van der Waals surface area (Å²) in [6.07, 6.45) is 2.42. The maximum atomic E-state index is 13.7. The van der Waals surface area contributed by atoms with Crippen LogP contribution in [0.2, 0.25) is 0 Å². The monoisotopic (exact) mass is 799 g/mol.